The van der Waals surface area contributed by atoms with Gasteiger partial charge in [0.15, 0.2) is 0 Å². The molecule has 0 aliphatic heterocycles. The number of nitrogens with one attached hydrogen (secondary N) is 1. The highest BCUT2D eigenvalue weighted by Gasteiger charge is 2.06. The first-order valence-electron chi connectivity index (χ1n) is 5.19. The van der Waals surface area contributed by atoms with Crippen LogP contribution in [0, 0.1) is 0 Å². The molecule has 0 bridgehead atoms. The van der Waals surface area contributed by atoms with E-state index in [2.05, 4.69) is 12.2 Å². The molecule has 0 amide bonds. The number of ether oxygens (including phenoxy) is 1. The minimum atomic E-state index is -0.321. The topological polar surface area (TPSA) is 41.5 Å². The predicted octanol–water partition coefficient (Wildman–Crippen LogP) is 1.73. The van der Waals surface area contributed by atoms with Crippen LogP contribution >= 0.6 is 0 Å². The van der Waals surface area contributed by atoms with Gasteiger partial charge in [0.25, 0.3) is 0 Å². The fourth-order valence-electron chi connectivity index (χ4n) is 1.38. The molecule has 0 aliphatic carbocycles. The van der Waals surface area contributed by atoms with Crippen LogP contribution in [0.25, 0.3) is 0 Å². The van der Waals surface area contributed by atoms with Crippen molar-refractivity contribution in [2.45, 2.75) is 26.0 Å². The Morgan fingerprint density at radius 2 is 2.13 bits per heavy atom. The smallest absolute Gasteiger partial charge is 0.119 e. The maximum absolute atomic E-state index is 9.16. The minimum Gasteiger partial charge on any atom is -0.497 e. The molecular formula is C12H19NO2. The van der Waals surface area contributed by atoms with Gasteiger partial charge in [-0.3, -0.25) is 0 Å². The highest BCUT2D eigenvalue weighted by molar-refractivity contribution is 5.30. The van der Waals surface area contributed by atoms with Crippen molar-refractivity contribution in [1.29, 1.82) is 0 Å². The average molecular weight is 209 g/mol. The summed E-state index contributed by atoms with van der Waals surface area (Å²) in [6.07, 6.45) is -0.321. The van der Waals surface area contributed by atoms with Gasteiger partial charge in [-0.05, 0) is 31.5 Å². The summed E-state index contributed by atoms with van der Waals surface area (Å²) in [7, 11) is 1.66. The number of hydrogen-bond donors (Lipinski definition) is 2. The number of aliphatic hydroxyl groups is 1. The zero-order valence-electron chi connectivity index (χ0n) is 9.53. The molecule has 0 radical (unpaired) electrons. The lowest BCUT2D eigenvalue weighted by atomic mass is 10.1. The van der Waals surface area contributed by atoms with Gasteiger partial charge >= 0.3 is 0 Å². The summed E-state index contributed by atoms with van der Waals surface area (Å²) in [5.74, 6) is 0.859. The van der Waals surface area contributed by atoms with E-state index in [-0.39, 0.29) is 12.1 Å². The quantitative estimate of drug-likeness (QED) is 0.776. The van der Waals surface area contributed by atoms with Gasteiger partial charge in [-0.2, -0.15) is 0 Å². The van der Waals surface area contributed by atoms with Crippen molar-refractivity contribution in [3.63, 3.8) is 0 Å². The normalized spacial score (nSPS) is 14.7. The zero-order valence-corrected chi connectivity index (χ0v) is 9.53. The molecule has 0 aliphatic rings. The fraction of sp³-hybridized carbons (Fsp3) is 0.500. The Kier molecular flexibility index (Phi) is 4.59. The molecule has 3 nitrogen and oxygen atoms in total. The Hall–Kier alpha value is -1.06. The van der Waals surface area contributed by atoms with Crippen LogP contribution < -0.4 is 10.1 Å². The average Bonchev–Trinajstić information content (AvgIpc) is 2.26. The zero-order chi connectivity index (χ0) is 11.3. The second-order valence-corrected chi connectivity index (χ2v) is 3.76. The van der Waals surface area contributed by atoms with E-state index in [1.165, 1.54) is 0 Å². The van der Waals surface area contributed by atoms with Crippen LogP contribution in [0.2, 0.25) is 0 Å². The number of benzene rings is 1. The van der Waals surface area contributed by atoms with Crippen molar-refractivity contribution in [3.8, 4) is 5.75 Å². The van der Waals surface area contributed by atoms with E-state index >= 15 is 0 Å². The Balaban J connectivity index is 2.60. The largest absolute Gasteiger partial charge is 0.497 e. The molecule has 0 spiro atoms. The maximum Gasteiger partial charge on any atom is 0.119 e. The lowest BCUT2D eigenvalue weighted by molar-refractivity contribution is 0.187. The van der Waals surface area contributed by atoms with E-state index in [4.69, 9.17) is 9.84 Å². The fourth-order valence-corrected chi connectivity index (χ4v) is 1.38. The number of aliphatic hydroxyl groups excluding tert-OH is 1. The van der Waals surface area contributed by atoms with E-state index in [0.29, 0.717) is 6.54 Å². The second-order valence-electron chi connectivity index (χ2n) is 3.76. The summed E-state index contributed by atoms with van der Waals surface area (Å²) in [6, 6.07) is 8.15. The third-order valence-corrected chi connectivity index (χ3v) is 2.31. The van der Waals surface area contributed by atoms with Crippen LogP contribution in [-0.2, 0) is 0 Å². The van der Waals surface area contributed by atoms with Gasteiger partial charge < -0.3 is 15.2 Å². The first-order chi connectivity index (χ1) is 7.13. The molecule has 2 N–H and O–H groups in total. The van der Waals surface area contributed by atoms with Crippen molar-refractivity contribution in [1.82, 2.24) is 5.32 Å². The van der Waals surface area contributed by atoms with Gasteiger partial charge in [0.1, 0.15) is 5.75 Å². The molecule has 15 heavy (non-hydrogen) atoms. The summed E-state index contributed by atoms with van der Waals surface area (Å²) in [5.41, 5.74) is 1.16. The van der Waals surface area contributed by atoms with Crippen LogP contribution in [0.15, 0.2) is 24.3 Å². The standard InChI is InChI=1S/C12H19NO2/c1-9(14)8-13-10(2)11-5-4-6-12(7-11)15-3/h4-7,9-10,13-14H,8H2,1-3H3/t9-,10-/m1/s1. The predicted molar refractivity (Wildman–Crippen MR) is 61.1 cm³/mol. The molecule has 3 heteroatoms. The maximum atomic E-state index is 9.16. The van der Waals surface area contributed by atoms with E-state index in [0.717, 1.165) is 11.3 Å². The van der Waals surface area contributed by atoms with E-state index in [9.17, 15) is 0 Å². The van der Waals surface area contributed by atoms with E-state index in [1.54, 1.807) is 14.0 Å². The van der Waals surface area contributed by atoms with Gasteiger partial charge in [0.05, 0.1) is 13.2 Å². The Labute approximate surface area is 91.1 Å². The second kappa shape index (κ2) is 5.73. The van der Waals surface area contributed by atoms with E-state index < -0.39 is 0 Å². The number of rotatable bonds is 5. The highest BCUT2D eigenvalue weighted by Crippen LogP contribution is 2.18. The van der Waals surface area contributed by atoms with Gasteiger partial charge in [0.2, 0.25) is 0 Å². The summed E-state index contributed by atoms with van der Waals surface area (Å²) < 4.78 is 5.15. The monoisotopic (exact) mass is 209 g/mol. The summed E-state index contributed by atoms with van der Waals surface area (Å²) >= 11 is 0. The number of hydrogen-bond acceptors (Lipinski definition) is 3. The molecule has 0 aromatic heterocycles. The van der Waals surface area contributed by atoms with Crippen LogP contribution in [0.4, 0.5) is 0 Å². The molecule has 1 aromatic rings. The van der Waals surface area contributed by atoms with E-state index in [1.807, 2.05) is 24.3 Å². The molecule has 1 rings (SSSR count). The van der Waals surface area contributed by atoms with Crippen molar-refractivity contribution < 1.29 is 9.84 Å². The van der Waals surface area contributed by atoms with Crippen molar-refractivity contribution in [2.75, 3.05) is 13.7 Å². The summed E-state index contributed by atoms with van der Waals surface area (Å²) in [4.78, 5) is 0. The molecule has 0 fully saturated rings. The Morgan fingerprint density at radius 1 is 1.40 bits per heavy atom. The molecule has 0 saturated carbocycles. The molecule has 84 valence electrons. The Morgan fingerprint density at radius 3 is 2.73 bits per heavy atom. The molecule has 0 unspecified atom stereocenters. The highest BCUT2D eigenvalue weighted by atomic mass is 16.5. The molecule has 2 atom stereocenters. The van der Waals surface area contributed by atoms with Crippen molar-refractivity contribution in [3.05, 3.63) is 29.8 Å². The van der Waals surface area contributed by atoms with Gasteiger partial charge in [-0.25, -0.2) is 0 Å². The van der Waals surface area contributed by atoms with Crippen molar-refractivity contribution >= 4 is 0 Å². The first kappa shape index (κ1) is 12.0. The minimum absolute atomic E-state index is 0.217. The SMILES string of the molecule is COc1cccc([C@@H](C)NC[C@@H](C)O)c1. The molecular weight excluding hydrogens is 190 g/mol. The van der Waals surface area contributed by atoms with Crippen LogP contribution in [0.1, 0.15) is 25.5 Å². The molecule has 0 heterocycles. The lowest BCUT2D eigenvalue weighted by Crippen LogP contribution is -2.27. The van der Waals surface area contributed by atoms with Gasteiger partial charge in [-0.15, -0.1) is 0 Å². The van der Waals surface area contributed by atoms with Gasteiger partial charge in [0, 0.05) is 12.6 Å². The van der Waals surface area contributed by atoms with Crippen LogP contribution in [0.3, 0.4) is 0 Å². The van der Waals surface area contributed by atoms with Crippen LogP contribution in [-0.4, -0.2) is 24.9 Å². The number of methoxy groups -OCH3 is 1. The Bertz CT molecular complexity index is 299. The summed E-state index contributed by atoms with van der Waals surface area (Å²) in [5, 5.41) is 12.4. The third-order valence-electron chi connectivity index (χ3n) is 2.31. The van der Waals surface area contributed by atoms with Gasteiger partial charge in [-0.1, -0.05) is 12.1 Å². The lowest BCUT2D eigenvalue weighted by Gasteiger charge is -2.16. The summed E-state index contributed by atoms with van der Waals surface area (Å²) in [6.45, 7) is 4.43. The molecule has 1 aromatic carbocycles. The third kappa shape index (κ3) is 3.90. The van der Waals surface area contributed by atoms with Crippen LogP contribution in [0.5, 0.6) is 5.75 Å². The first-order valence-corrected chi connectivity index (χ1v) is 5.19. The van der Waals surface area contributed by atoms with Crippen molar-refractivity contribution in [2.24, 2.45) is 0 Å². The molecule has 0 saturated heterocycles.